The van der Waals surface area contributed by atoms with Crippen LogP contribution in [0.5, 0.6) is 0 Å². The van der Waals surface area contributed by atoms with E-state index in [1.165, 1.54) is 0 Å². The Morgan fingerprint density at radius 3 is 2.31 bits per heavy atom. The summed E-state index contributed by atoms with van der Waals surface area (Å²) in [7, 11) is -2.33. The SMILES string of the molecule is Cc1cccc(C)c1C(O)CCOP(O)O. The first kappa shape index (κ1) is 13.6. The smallest absolute Gasteiger partial charge is 0.327 e. The Kier molecular flexibility index (Phi) is 5.32. The maximum Gasteiger partial charge on any atom is 0.327 e. The van der Waals surface area contributed by atoms with Crippen molar-refractivity contribution < 1.29 is 19.4 Å². The van der Waals surface area contributed by atoms with Gasteiger partial charge in [0.25, 0.3) is 0 Å². The molecule has 3 N–H and O–H groups in total. The zero-order valence-electron chi connectivity index (χ0n) is 9.42. The maximum absolute atomic E-state index is 9.96. The molecular formula is C11H17O4P. The van der Waals surface area contributed by atoms with E-state index in [4.69, 9.17) is 9.79 Å². The monoisotopic (exact) mass is 244 g/mol. The van der Waals surface area contributed by atoms with Gasteiger partial charge in [-0.2, -0.15) is 0 Å². The molecule has 0 fully saturated rings. The van der Waals surface area contributed by atoms with Gasteiger partial charge >= 0.3 is 8.60 Å². The maximum atomic E-state index is 9.96. The number of hydrogen-bond donors (Lipinski definition) is 3. The highest BCUT2D eigenvalue weighted by Gasteiger charge is 2.13. The molecule has 0 saturated carbocycles. The molecule has 1 atom stereocenters. The molecule has 0 heterocycles. The van der Waals surface area contributed by atoms with Gasteiger partial charge in [-0.15, -0.1) is 0 Å². The summed E-state index contributed by atoms with van der Waals surface area (Å²) in [6.45, 7) is 4.02. The van der Waals surface area contributed by atoms with Crippen LogP contribution in [0.1, 0.15) is 29.2 Å². The molecule has 0 saturated heterocycles. The van der Waals surface area contributed by atoms with E-state index in [1.54, 1.807) is 0 Å². The molecule has 0 aliphatic heterocycles. The highest BCUT2D eigenvalue weighted by Crippen LogP contribution is 2.28. The minimum atomic E-state index is -2.33. The molecule has 1 aromatic rings. The fourth-order valence-electron chi connectivity index (χ4n) is 1.74. The average molecular weight is 244 g/mol. The van der Waals surface area contributed by atoms with Crippen LogP contribution in [0.25, 0.3) is 0 Å². The Bertz CT molecular complexity index is 321. The van der Waals surface area contributed by atoms with E-state index in [0.717, 1.165) is 16.7 Å². The zero-order valence-corrected chi connectivity index (χ0v) is 10.3. The predicted molar refractivity (Wildman–Crippen MR) is 62.8 cm³/mol. The fraction of sp³-hybridized carbons (Fsp3) is 0.455. The Labute approximate surface area is 96.5 Å². The molecule has 1 unspecified atom stereocenters. The van der Waals surface area contributed by atoms with Crippen LogP contribution < -0.4 is 0 Å². The van der Waals surface area contributed by atoms with E-state index < -0.39 is 14.7 Å². The van der Waals surface area contributed by atoms with Gasteiger partial charge in [0, 0.05) is 6.42 Å². The van der Waals surface area contributed by atoms with Gasteiger partial charge in [0.05, 0.1) is 12.7 Å². The lowest BCUT2D eigenvalue weighted by molar-refractivity contribution is 0.134. The zero-order chi connectivity index (χ0) is 12.1. The minimum absolute atomic E-state index is 0.133. The molecule has 1 rings (SSSR count). The number of hydrogen-bond acceptors (Lipinski definition) is 4. The van der Waals surface area contributed by atoms with Gasteiger partial charge in [-0.05, 0) is 30.5 Å². The Morgan fingerprint density at radius 1 is 1.25 bits per heavy atom. The molecule has 0 bridgehead atoms. The first-order valence-electron chi connectivity index (χ1n) is 5.07. The minimum Gasteiger partial charge on any atom is -0.388 e. The summed E-state index contributed by atoms with van der Waals surface area (Å²) in [4.78, 5) is 17.1. The van der Waals surface area contributed by atoms with Crippen molar-refractivity contribution in [2.24, 2.45) is 0 Å². The van der Waals surface area contributed by atoms with Crippen molar-refractivity contribution >= 4 is 8.60 Å². The standard InChI is InChI=1S/C11H17O4P/c1-8-4-3-5-9(2)11(8)10(12)6-7-15-16(13)14/h3-5,10,12-14H,6-7H2,1-2H3. The predicted octanol–water partition coefficient (Wildman–Crippen LogP) is 1.96. The summed E-state index contributed by atoms with van der Waals surface area (Å²) >= 11 is 0. The molecule has 0 aliphatic carbocycles. The summed E-state index contributed by atoms with van der Waals surface area (Å²) in [6.07, 6.45) is -0.276. The lowest BCUT2D eigenvalue weighted by atomic mass is 9.96. The Morgan fingerprint density at radius 2 is 1.81 bits per heavy atom. The van der Waals surface area contributed by atoms with Crippen LogP contribution in [0.4, 0.5) is 0 Å². The van der Waals surface area contributed by atoms with Crippen LogP contribution >= 0.6 is 8.60 Å². The van der Waals surface area contributed by atoms with Crippen LogP contribution in [0.3, 0.4) is 0 Å². The number of rotatable bonds is 5. The molecule has 16 heavy (non-hydrogen) atoms. The quantitative estimate of drug-likeness (QED) is 0.692. The molecular weight excluding hydrogens is 227 g/mol. The van der Waals surface area contributed by atoms with Crippen LogP contribution in [-0.2, 0) is 4.52 Å². The molecule has 0 amide bonds. The van der Waals surface area contributed by atoms with Crippen molar-refractivity contribution in [3.8, 4) is 0 Å². The van der Waals surface area contributed by atoms with Crippen LogP contribution in [0, 0.1) is 13.8 Å². The van der Waals surface area contributed by atoms with Crippen molar-refractivity contribution in [3.05, 3.63) is 34.9 Å². The first-order valence-corrected chi connectivity index (χ1v) is 6.24. The van der Waals surface area contributed by atoms with Gasteiger partial charge in [-0.25, -0.2) is 0 Å². The number of aliphatic hydroxyl groups excluding tert-OH is 1. The van der Waals surface area contributed by atoms with Crippen molar-refractivity contribution in [1.29, 1.82) is 0 Å². The van der Waals surface area contributed by atoms with Gasteiger partial charge in [-0.1, -0.05) is 18.2 Å². The highest BCUT2D eigenvalue weighted by atomic mass is 31.2. The first-order chi connectivity index (χ1) is 7.52. The molecule has 90 valence electrons. The normalized spacial score (nSPS) is 13.1. The lowest BCUT2D eigenvalue weighted by Crippen LogP contribution is -2.05. The summed E-state index contributed by atoms with van der Waals surface area (Å²) in [5.74, 6) is 0. The van der Waals surface area contributed by atoms with E-state index in [1.807, 2.05) is 32.0 Å². The molecule has 0 aromatic heterocycles. The van der Waals surface area contributed by atoms with Gasteiger partial charge in [-0.3, -0.25) is 0 Å². The van der Waals surface area contributed by atoms with E-state index in [2.05, 4.69) is 4.52 Å². The van der Waals surface area contributed by atoms with E-state index in [0.29, 0.717) is 6.42 Å². The number of benzene rings is 1. The largest absolute Gasteiger partial charge is 0.388 e. The van der Waals surface area contributed by atoms with Gasteiger partial charge in [0.15, 0.2) is 0 Å². The van der Waals surface area contributed by atoms with Crippen molar-refractivity contribution in [2.75, 3.05) is 6.61 Å². The topological polar surface area (TPSA) is 69.9 Å². The summed E-state index contributed by atoms with van der Waals surface area (Å²) in [6, 6.07) is 5.83. The number of aryl methyl sites for hydroxylation is 2. The van der Waals surface area contributed by atoms with Crippen molar-refractivity contribution in [1.82, 2.24) is 0 Å². The average Bonchev–Trinajstić information content (AvgIpc) is 2.16. The molecule has 4 nitrogen and oxygen atoms in total. The Balaban J connectivity index is 2.62. The van der Waals surface area contributed by atoms with Gasteiger partial charge < -0.3 is 19.4 Å². The van der Waals surface area contributed by atoms with Crippen LogP contribution in [0.15, 0.2) is 18.2 Å². The van der Waals surface area contributed by atoms with Crippen molar-refractivity contribution in [3.63, 3.8) is 0 Å². The third kappa shape index (κ3) is 3.81. The molecule has 1 aromatic carbocycles. The highest BCUT2D eigenvalue weighted by molar-refractivity contribution is 7.39. The summed E-state index contributed by atoms with van der Waals surface area (Å²) in [5.41, 5.74) is 2.96. The third-order valence-corrected chi connectivity index (χ3v) is 2.89. The molecule has 0 aliphatic rings. The van der Waals surface area contributed by atoms with E-state index in [-0.39, 0.29) is 6.61 Å². The van der Waals surface area contributed by atoms with Crippen LogP contribution in [0.2, 0.25) is 0 Å². The van der Waals surface area contributed by atoms with Gasteiger partial charge in [0.2, 0.25) is 0 Å². The van der Waals surface area contributed by atoms with Crippen molar-refractivity contribution in [2.45, 2.75) is 26.4 Å². The Hall–Kier alpha value is -0.510. The fourth-order valence-corrected chi connectivity index (χ4v) is 2.01. The second-order valence-electron chi connectivity index (χ2n) is 3.70. The summed E-state index contributed by atoms with van der Waals surface area (Å²) < 4.78 is 4.63. The molecule has 0 radical (unpaired) electrons. The number of aliphatic hydroxyl groups is 1. The molecule has 0 spiro atoms. The lowest BCUT2D eigenvalue weighted by Gasteiger charge is -2.16. The van der Waals surface area contributed by atoms with E-state index in [9.17, 15) is 5.11 Å². The van der Waals surface area contributed by atoms with Gasteiger partial charge in [0.1, 0.15) is 0 Å². The second-order valence-corrected chi connectivity index (χ2v) is 4.46. The second kappa shape index (κ2) is 6.28. The third-order valence-electron chi connectivity index (χ3n) is 2.47. The molecule has 5 heteroatoms. The van der Waals surface area contributed by atoms with E-state index >= 15 is 0 Å². The van der Waals surface area contributed by atoms with Crippen LogP contribution in [-0.4, -0.2) is 21.5 Å². The summed E-state index contributed by atoms with van der Waals surface area (Å²) in [5, 5.41) is 9.96.